The van der Waals surface area contributed by atoms with Crippen LogP contribution >= 0.6 is 0 Å². The van der Waals surface area contributed by atoms with Gasteiger partial charge in [-0.1, -0.05) is 138 Å². The Kier molecular flexibility index (Phi) is 9.17. The fourth-order valence-electron chi connectivity index (χ4n) is 5.39. The molecule has 0 aliphatic carbocycles. The van der Waals surface area contributed by atoms with Crippen LogP contribution in [0.2, 0.25) is 0 Å². The van der Waals surface area contributed by atoms with Gasteiger partial charge in [-0.25, -0.2) is 0 Å². The van der Waals surface area contributed by atoms with Gasteiger partial charge in [0.1, 0.15) is 0 Å². The van der Waals surface area contributed by atoms with E-state index in [1.54, 1.807) is 0 Å². The van der Waals surface area contributed by atoms with Gasteiger partial charge in [-0.05, 0) is 82.0 Å². The summed E-state index contributed by atoms with van der Waals surface area (Å²) in [5.41, 5.74) is 11.3. The summed E-state index contributed by atoms with van der Waals surface area (Å²) in [4.78, 5) is 0. The first-order valence-corrected chi connectivity index (χ1v) is 13.9. The molecule has 0 saturated carbocycles. The summed E-state index contributed by atoms with van der Waals surface area (Å²) in [5.74, 6) is 1.00. The number of rotatable bonds is 11. The lowest BCUT2D eigenvalue weighted by atomic mass is 9.88. The van der Waals surface area contributed by atoms with E-state index in [9.17, 15) is 0 Å². The van der Waals surface area contributed by atoms with Gasteiger partial charge in [0.2, 0.25) is 0 Å². The Balaban J connectivity index is 1.45. The number of benzene rings is 4. The minimum Gasteiger partial charge on any atom is -0.0651 e. The van der Waals surface area contributed by atoms with E-state index >= 15 is 0 Å². The predicted molar refractivity (Wildman–Crippen MR) is 157 cm³/mol. The smallest absolute Gasteiger partial charge is 0.0150 e. The normalized spacial score (nSPS) is 12.9. The van der Waals surface area contributed by atoms with Crippen LogP contribution in [0.1, 0.15) is 85.8 Å². The third-order valence-corrected chi connectivity index (χ3v) is 7.39. The van der Waals surface area contributed by atoms with Crippen molar-refractivity contribution in [3.63, 3.8) is 0 Å². The molecule has 4 aromatic rings. The summed E-state index contributed by atoms with van der Waals surface area (Å²) in [6, 6.07) is 36.6. The Labute approximate surface area is 219 Å². The molecule has 0 spiro atoms. The molecule has 2 unspecified atom stereocenters. The summed E-state index contributed by atoms with van der Waals surface area (Å²) in [7, 11) is 0. The maximum absolute atomic E-state index is 2.44. The Morgan fingerprint density at radius 3 is 1.39 bits per heavy atom. The van der Waals surface area contributed by atoms with E-state index in [1.165, 1.54) is 63.8 Å². The molecule has 4 rings (SSSR count). The predicted octanol–water partition coefficient (Wildman–Crippen LogP) is 9.95. The van der Waals surface area contributed by atoms with Crippen LogP contribution in [-0.4, -0.2) is 0 Å². The number of hydrogen-bond donors (Lipinski definition) is 0. The zero-order chi connectivity index (χ0) is 25.3. The zero-order valence-electron chi connectivity index (χ0n) is 22.6. The molecule has 0 amide bonds. The van der Waals surface area contributed by atoms with Gasteiger partial charge in [0.15, 0.2) is 0 Å². The van der Waals surface area contributed by atoms with Crippen LogP contribution in [0.15, 0.2) is 97.1 Å². The maximum Gasteiger partial charge on any atom is -0.0150 e. The van der Waals surface area contributed by atoms with Crippen LogP contribution in [-0.2, 0) is 25.7 Å². The average molecular weight is 475 g/mol. The van der Waals surface area contributed by atoms with Crippen molar-refractivity contribution >= 4 is 0 Å². The molecule has 2 atom stereocenters. The molecule has 4 aromatic carbocycles. The van der Waals surface area contributed by atoms with Crippen molar-refractivity contribution in [2.24, 2.45) is 0 Å². The second kappa shape index (κ2) is 12.7. The highest BCUT2D eigenvalue weighted by Crippen LogP contribution is 2.28. The van der Waals surface area contributed by atoms with Crippen molar-refractivity contribution < 1.29 is 0 Å². The van der Waals surface area contributed by atoms with Crippen LogP contribution in [0.25, 0.3) is 11.1 Å². The summed E-state index contributed by atoms with van der Waals surface area (Å²) in [5, 5.41) is 0. The molecule has 0 saturated heterocycles. The third-order valence-electron chi connectivity index (χ3n) is 7.39. The number of hydrogen-bond acceptors (Lipinski definition) is 0. The van der Waals surface area contributed by atoms with Crippen molar-refractivity contribution in [1.82, 2.24) is 0 Å². The molecule has 0 aliphatic rings. The molecular weight excluding hydrogens is 432 g/mol. The van der Waals surface area contributed by atoms with E-state index in [-0.39, 0.29) is 0 Å². The number of aryl methyl sites for hydroxylation is 2. The molecule has 0 aliphatic heterocycles. The van der Waals surface area contributed by atoms with E-state index in [2.05, 4.69) is 125 Å². The quantitative estimate of drug-likeness (QED) is 0.203. The van der Waals surface area contributed by atoms with Gasteiger partial charge in [-0.15, -0.1) is 0 Å². The fourth-order valence-corrected chi connectivity index (χ4v) is 5.39. The van der Waals surface area contributed by atoms with Crippen molar-refractivity contribution in [2.45, 2.75) is 78.1 Å². The third kappa shape index (κ3) is 6.97. The highest BCUT2D eigenvalue weighted by molar-refractivity contribution is 5.65. The second-order valence-corrected chi connectivity index (χ2v) is 10.6. The van der Waals surface area contributed by atoms with Gasteiger partial charge in [-0.3, -0.25) is 0 Å². The van der Waals surface area contributed by atoms with Gasteiger partial charge >= 0.3 is 0 Å². The zero-order valence-corrected chi connectivity index (χ0v) is 22.6. The maximum atomic E-state index is 2.44. The van der Waals surface area contributed by atoms with E-state index in [1.807, 2.05) is 0 Å². The van der Waals surface area contributed by atoms with Crippen molar-refractivity contribution in [3.8, 4) is 11.1 Å². The summed E-state index contributed by atoms with van der Waals surface area (Å²) in [6.07, 6.45) is 6.83. The second-order valence-electron chi connectivity index (χ2n) is 10.6. The first-order valence-electron chi connectivity index (χ1n) is 13.9. The fraction of sp³-hybridized carbons (Fsp3) is 0.333. The summed E-state index contributed by atoms with van der Waals surface area (Å²) >= 11 is 0. The van der Waals surface area contributed by atoms with E-state index < -0.39 is 0 Å². The first-order chi connectivity index (χ1) is 17.6. The molecule has 0 N–H and O–H groups in total. The standard InChI is InChI=1S/C36H42/c1-5-11-29-13-7-17-33(23-29)27(3)21-31-15-9-18-34(25-31)28(4)22-32-16-10-20-36(26-32)35-19-8-14-30(24-35)12-6-2/h7-10,13-20,23-28H,5-6,11-12,21-22H2,1-4H3. The van der Waals surface area contributed by atoms with Gasteiger partial charge in [0.25, 0.3) is 0 Å². The Morgan fingerprint density at radius 2 is 0.861 bits per heavy atom. The molecular formula is C36H42. The van der Waals surface area contributed by atoms with Crippen LogP contribution < -0.4 is 0 Å². The minimum absolute atomic E-state index is 0.481. The topological polar surface area (TPSA) is 0 Å². The van der Waals surface area contributed by atoms with Crippen molar-refractivity contribution in [2.75, 3.05) is 0 Å². The average Bonchev–Trinajstić information content (AvgIpc) is 2.90. The largest absolute Gasteiger partial charge is 0.0651 e. The molecule has 0 fully saturated rings. The highest BCUT2D eigenvalue weighted by atomic mass is 14.2. The Bertz CT molecular complexity index is 1250. The molecule has 36 heavy (non-hydrogen) atoms. The summed E-state index contributed by atoms with van der Waals surface area (Å²) in [6.45, 7) is 9.23. The monoisotopic (exact) mass is 474 g/mol. The first kappa shape index (κ1) is 26.0. The Hall–Kier alpha value is -3.12. The van der Waals surface area contributed by atoms with E-state index in [4.69, 9.17) is 0 Å². The van der Waals surface area contributed by atoms with E-state index in [0.29, 0.717) is 11.8 Å². The van der Waals surface area contributed by atoms with E-state index in [0.717, 1.165) is 19.3 Å². The SMILES string of the molecule is CCCc1cccc(-c2cccc(CC(C)c3cccc(CC(C)c4cccc(CCC)c4)c3)c2)c1. The van der Waals surface area contributed by atoms with Gasteiger partial charge in [0, 0.05) is 0 Å². The lowest BCUT2D eigenvalue weighted by Gasteiger charge is -2.17. The Morgan fingerprint density at radius 1 is 0.472 bits per heavy atom. The van der Waals surface area contributed by atoms with Crippen LogP contribution in [0.4, 0.5) is 0 Å². The van der Waals surface area contributed by atoms with Gasteiger partial charge in [-0.2, -0.15) is 0 Å². The lowest BCUT2D eigenvalue weighted by Crippen LogP contribution is -2.03. The molecule has 186 valence electrons. The van der Waals surface area contributed by atoms with Crippen molar-refractivity contribution in [1.29, 1.82) is 0 Å². The molecule has 0 aromatic heterocycles. The van der Waals surface area contributed by atoms with Gasteiger partial charge in [0.05, 0.1) is 0 Å². The molecule has 0 bridgehead atoms. The van der Waals surface area contributed by atoms with Crippen LogP contribution in [0.3, 0.4) is 0 Å². The summed E-state index contributed by atoms with van der Waals surface area (Å²) < 4.78 is 0. The van der Waals surface area contributed by atoms with Gasteiger partial charge < -0.3 is 0 Å². The lowest BCUT2D eigenvalue weighted by molar-refractivity contribution is 0.738. The van der Waals surface area contributed by atoms with Crippen LogP contribution in [0.5, 0.6) is 0 Å². The molecule has 0 radical (unpaired) electrons. The molecule has 0 heterocycles. The minimum atomic E-state index is 0.481. The molecule has 0 nitrogen and oxygen atoms in total. The molecule has 0 heteroatoms. The van der Waals surface area contributed by atoms with Crippen molar-refractivity contribution in [3.05, 3.63) is 130 Å². The highest BCUT2D eigenvalue weighted by Gasteiger charge is 2.12. The van der Waals surface area contributed by atoms with Crippen LogP contribution in [0, 0.1) is 0 Å².